The van der Waals surface area contributed by atoms with E-state index < -0.39 is 5.97 Å². The van der Waals surface area contributed by atoms with Crippen molar-refractivity contribution in [1.29, 1.82) is 0 Å². The van der Waals surface area contributed by atoms with Gasteiger partial charge in [0.2, 0.25) is 5.91 Å². The number of benzene rings is 4. The fourth-order valence-electron chi connectivity index (χ4n) is 5.87. The van der Waals surface area contributed by atoms with E-state index in [4.69, 9.17) is 0 Å². The van der Waals surface area contributed by atoms with Crippen molar-refractivity contribution in [3.8, 4) is 0 Å². The van der Waals surface area contributed by atoms with E-state index in [0.29, 0.717) is 22.3 Å². The molecule has 0 radical (unpaired) electrons. The minimum atomic E-state index is -1.07. The summed E-state index contributed by atoms with van der Waals surface area (Å²) < 4.78 is 2.09. The van der Waals surface area contributed by atoms with Crippen LogP contribution in [0.1, 0.15) is 63.6 Å². The fourth-order valence-corrected chi connectivity index (χ4v) is 5.87. The molecule has 210 valence electrons. The molecular weight excluding hydrogens is 526 g/mol. The highest BCUT2D eigenvalue weighted by Gasteiger charge is 2.25. The van der Waals surface area contributed by atoms with E-state index in [2.05, 4.69) is 39.5 Å². The molecule has 3 N–H and O–H groups in total. The van der Waals surface area contributed by atoms with Crippen LogP contribution in [-0.4, -0.2) is 27.5 Å². The molecule has 7 heteroatoms. The molecule has 5 aromatic rings. The zero-order valence-corrected chi connectivity index (χ0v) is 23.0. The zero-order valence-electron chi connectivity index (χ0n) is 23.0. The fraction of sp³-hybridized carbons (Fsp3) is 0.171. The van der Waals surface area contributed by atoms with E-state index in [1.54, 1.807) is 12.1 Å². The molecule has 4 aromatic carbocycles. The molecule has 0 bridgehead atoms. The number of rotatable bonds is 8. The lowest BCUT2D eigenvalue weighted by atomic mass is 9.98. The number of hydrogen-bond acceptors (Lipinski definition) is 3. The van der Waals surface area contributed by atoms with Crippen molar-refractivity contribution < 1.29 is 19.5 Å². The number of carbonyl (C=O) groups is 3. The van der Waals surface area contributed by atoms with Crippen molar-refractivity contribution in [2.75, 3.05) is 10.6 Å². The van der Waals surface area contributed by atoms with Crippen LogP contribution in [0.5, 0.6) is 0 Å². The van der Waals surface area contributed by atoms with E-state index in [1.807, 2.05) is 60.8 Å². The third-order valence-corrected chi connectivity index (χ3v) is 7.95. The SMILES string of the molecule is O=C(O)c1cccc(NC(=O)c2cn(C(c3ccccc3)c3ccccc3)c3ccc(NC(=O)C4CCCC4)cc23)c1. The first kappa shape index (κ1) is 27.0. The van der Waals surface area contributed by atoms with Crippen LogP contribution in [0.15, 0.2) is 109 Å². The van der Waals surface area contributed by atoms with E-state index in [-0.39, 0.29) is 29.3 Å². The predicted molar refractivity (Wildman–Crippen MR) is 164 cm³/mol. The molecule has 1 fully saturated rings. The molecule has 42 heavy (non-hydrogen) atoms. The van der Waals surface area contributed by atoms with Gasteiger partial charge in [0.15, 0.2) is 0 Å². The minimum Gasteiger partial charge on any atom is -0.478 e. The van der Waals surface area contributed by atoms with Crippen molar-refractivity contribution in [1.82, 2.24) is 4.57 Å². The topological polar surface area (TPSA) is 100 Å². The van der Waals surface area contributed by atoms with Gasteiger partial charge in [-0.15, -0.1) is 0 Å². The van der Waals surface area contributed by atoms with Crippen LogP contribution in [0.2, 0.25) is 0 Å². The second-order valence-electron chi connectivity index (χ2n) is 10.7. The number of anilines is 2. The monoisotopic (exact) mass is 557 g/mol. The van der Waals surface area contributed by atoms with Crippen LogP contribution in [0.3, 0.4) is 0 Å². The van der Waals surface area contributed by atoms with Gasteiger partial charge in [-0.25, -0.2) is 4.79 Å². The summed E-state index contributed by atoms with van der Waals surface area (Å²) in [5, 5.41) is 16.0. The van der Waals surface area contributed by atoms with Crippen LogP contribution >= 0.6 is 0 Å². The second-order valence-corrected chi connectivity index (χ2v) is 10.7. The Bertz CT molecular complexity index is 1720. The summed E-state index contributed by atoms with van der Waals surface area (Å²) in [4.78, 5) is 38.2. The molecule has 1 saturated carbocycles. The van der Waals surface area contributed by atoms with Crippen LogP contribution < -0.4 is 10.6 Å². The van der Waals surface area contributed by atoms with E-state index in [1.165, 1.54) is 12.1 Å². The van der Waals surface area contributed by atoms with Gasteiger partial charge in [0, 0.05) is 34.4 Å². The highest BCUT2D eigenvalue weighted by atomic mass is 16.4. The molecule has 7 nitrogen and oxygen atoms in total. The van der Waals surface area contributed by atoms with Crippen molar-refractivity contribution in [3.63, 3.8) is 0 Å². The summed E-state index contributed by atoms with van der Waals surface area (Å²) in [6, 6.07) is 31.8. The number of carboxylic acids is 1. The molecule has 6 rings (SSSR count). The Kier molecular flexibility index (Phi) is 7.56. The summed E-state index contributed by atoms with van der Waals surface area (Å²) in [6.45, 7) is 0. The number of aromatic nitrogens is 1. The Morgan fingerprint density at radius 2 is 1.38 bits per heavy atom. The molecule has 1 aliphatic carbocycles. The lowest BCUT2D eigenvalue weighted by Crippen LogP contribution is -2.20. The summed E-state index contributed by atoms with van der Waals surface area (Å²) in [6.07, 6.45) is 5.75. The molecule has 0 saturated heterocycles. The first-order valence-corrected chi connectivity index (χ1v) is 14.2. The Balaban J connectivity index is 1.46. The molecule has 0 spiro atoms. The van der Waals surface area contributed by atoms with E-state index in [0.717, 1.165) is 42.3 Å². The third-order valence-electron chi connectivity index (χ3n) is 7.95. The molecule has 0 unspecified atom stereocenters. The highest BCUT2D eigenvalue weighted by Crippen LogP contribution is 2.35. The highest BCUT2D eigenvalue weighted by molar-refractivity contribution is 6.14. The zero-order chi connectivity index (χ0) is 29.1. The average molecular weight is 558 g/mol. The van der Waals surface area contributed by atoms with Gasteiger partial charge in [0.05, 0.1) is 17.2 Å². The van der Waals surface area contributed by atoms with Gasteiger partial charge < -0.3 is 20.3 Å². The van der Waals surface area contributed by atoms with Crippen molar-refractivity contribution in [2.45, 2.75) is 31.7 Å². The molecule has 1 aromatic heterocycles. The Morgan fingerprint density at radius 3 is 2.02 bits per heavy atom. The number of nitrogens with one attached hydrogen (secondary N) is 2. The van der Waals surface area contributed by atoms with Gasteiger partial charge in [-0.1, -0.05) is 79.6 Å². The molecule has 0 atom stereocenters. The van der Waals surface area contributed by atoms with Gasteiger partial charge in [-0.3, -0.25) is 9.59 Å². The Hall–Kier alpha value is -5.17. The number of carboxylic acid groups (broad SMARTS) is 1. The maximum atomic E-state index is 13.8. The number of amides is 2. The summed E-state index contributed by atoms with van der Waals surface area (Å²) in [7, 11) is 0. The number of nitrogens with zero attached hydrogens (tertiary/aromatic N) is 1. The van der Waals surface area contributed by atoms with E-state index >= 15 is 0 Å². The first-order chi connectivity index (χ1) is 20.5. The number of fused-ring (bicyclic) bond motifs is 1. The number of carbonyl (C=O) groups excluding carboxylic acids is 2. The minimum absolute atomic E-state index is 0.00853. The predicted octanol–water partition coefficient (Wildman–Crippen LogP) is 7.36. The van der Waals surface area contributed by atoms with E-state index in [9.17, 15) is 19.5 Å². The lowest BCUT2D eigenvalue weighted by molar-refractivity contribution is -0.119. The van der Waals surface area contributed by atoms with Gasteiger partial charge in [-0.05, 0) is 60.4 Å². The van der Waals surface area contributed by atoms with Crippen molar-refractivity contribution in [3.05, 3.63) is 132 Å². The maximum Gasteiger partial charge on any atom is 0.335 e. The first-order valence-electron chi connectivity index (χ1n) is 14.2. The quantitative estimate of drug-likeness (QED) is 0.186. The number of aromatic carboxylic acids is 1. The summed E-state index contributed by atoms with van der Waals surface area (Å²) >= 11 is 0. The second kappa shape index (κ2) is 11.7. The number of hydrogen-bond donors (Lipinski definition) is 3. The molecule has 2 amide bonds. The third kappa shape index (κ3) is 5.54. The molecular formula is C35H31N3O4. The van der Waals surface area contributed by atoms with Crippen molar-refractivity contribution >= 4 is 40.1 Å². The van der Waals surface area contributed by atoms with Crippen LogP contribution in [0.25, 0.3) is 10.9 Å². The Morgan fingerprint density at radius 1 is 0.738 bits per heavy atom. The van der Waals surface area contributed by atoms with Crippen LogP contribution in [-0.2, 0) is 4.79 Å². The maximum absolute atomic E-state index is 13.8. The lowest BCUT2D eigenvalue weighted by Gasteiger charge is -2.21. The smallest absolute Gasteiger partial charge is 0.335 e. The molecule has 1 aliphatic rings. The van der Waals surface area contributed by atoms with Gasteiger partial charge in [0.1, 0.15) is 0 Å². The summed E-state index contributed by atoms with van der Waals surface area (Å²) in [5.74, 6) is -1.43. The van der Waals surface area contributed by atoms with Gasteiger partial charge >= 0.3 is 5.97 Å². The Labute approximate surface area is 243 Å². The van der Waals surface area contributed by atoms with Gasteiger partial charge in [-0.2, -0.15) is 0 Å². The van der Waals surface area contributed by atoms with Crippen LogP contribution in [0, 0.1) is 5.92 Å². The summed E-state index contributed by atoms with van der Waals surface area (Å²) in [5.41, 5.74) is 4.46. The molecule has 0 aliphatic heterocycles. The van der Waals surface area contributed by atoms with Crippen molar-refractivity contribution in [2.24, 2.45) is 5.92 Å². The van der Waals surface area contributed by atoms with Crippen LogP contribution in [0.4, 0.5) is 11.4 Å². The molecule has 1 heterocycles. The van der Waals surface area contributed by atoms with Gasteiger partial charge in [0.25, 0.3) is 5.91 Å². The standard InChI is InChI=1S/C35H31N3O4/c39-33(25-14-7-8-15-25)36-28-18-19-31-29(21-28)30(34(40)37-27-17-9-16-26(20-27)35(41)42)22-38(31)32(23-10-3-1-4-11-23)24-12-5-2-6-13-24/h1-6,9-13,16-22,25,32H,7-8,14-15H2,(H,36,39)(H,37,40)(H,41,42). The normalized spacial score (nSPS) is 13.4. The largest absolute Gasteiger partial charge is 0.478 e. The average Bonchev–Trinajstić information content (AvgIpc) is 3.68.